The number of nitrogens with one attached hydrogen (secondary N) is 1. The Bertz CT molecular complexity index is 1210. The van der Waals surface area contributed by atoms with E-state index in [4.69, 9.17) is 22.1 Å². The van der Waals surface area contributed by atoms with Gasteiger partial charge in [0.2, 0.25) is 5.91 Å². The van der Waals surface area contributed by atoms with Crippen LogP contribution in [-0.2, 0) is 30.8 Å². The van der Waals surface area contributed by atoms with Gasteiger partial charge < -0.3 is 20.4 Å². The lowest BCUT2D eigenvalue weighted by atomic mass is 9.88. The van der Waals surface area contributed by atoms with Gasteiger partial charge in [-0.1, -0.05) is 42.4 Å². The quantitative estimate of drug-likeness (QED) is 0.401. The normalized spacial score (nSPS) is 15.1. The number of fused-ring (bicyclic) bond motifs is 1. The predicted molar refractivity (Wildman–Crippen MR) is 135 cm³/mol. The first kappa shape index (κ1) is 24.6. The van der Waals surface area contributed by atoms with Crippen LogP contribution < -0.4 is 15.8 Å². The van der Waals surface area contributed by atoms with Crippen molar-refractivity contribution < 1.29 is 14.3 Å². The third-order valence-corrected chi connectivity index (χ3v) is 8.10. The number of nitrogens with zero attached hydrogens (tertiary/aromatic N) is 3. The molecule has 2 aromatic heterocycles. The van der Waals surface area contributed by atoms with Gasteiger partial charge in [0.1, 0.15) is 17.4 Å². The Balaban J connectivity index is 1.40. The summed E-state index contributed by atoms with van der Waals surface area (Å²) in [5.41, 5.74) is 7.10. The van der Waals surface area contributed by atoms with E-state index < -0.39 is 5.91 Å². The third kappa shape index (κ3) is 5.39. The monoisotopic (exact) mass is 519 g/mol. The van der Waals surface area contributed by atoms with E-state index in [1.54, 1.807) is 12.1 Å². The Morgan fingerprint density at radius 3 is 2.88 bits per heavy atom. The second-order valence-corrected chi connectivity index (χ2v) is 10.6. The molecule has 2 amide bonds. The van der Waals surface area contributed by atoms with Gasteiger partial charge in [-0.3, -0.25) is 9.59 Å². The van der Waals surface area contributed by atoms with Gasteiger partial charge in [0.05, 0.1) is 16.3 Å². The van der Waals surface area contributed by atoms with Crippen LogP contribution in [0.3, 0.4) is 0 Å². The molecule has 11 heteroatoms. The van der Waals surface area contributed by atoms with E-state index in [0.29, 0.717) is 44.8 Å². The Morgan fingerprint density at radius 1 is 1.35 bits per heavy atom. The van der Waals surface area contributed by atoms with Crippen molar-refractivity contribution in [2.75, 3.05) is 11.1 Å². The number of anilines is 1. The Kier molecular flexibility index (Phi) is 7.80. The highest BCUT2D eigenvalue weighted by molar-refractivity contribution is 7.99. The number of nitrogens with two attached hydrogens (primary N) is 1. The van der Waals surface area contributed by atoms with Crippen LogP contribution in [0.1, 0.15) is 46.9 Å². The summed E-state index contributed by atoms with van der Waals surface area (Å²) in [6.45, 7) is 5.00. The highest BCUT2D eigenvalue weighted by Gasteiger charge is 2.27. The molecule has 4 rings (SSSR count). The summed E-state index contributed by atoms with van der Waals surface area (Å²) in [4.78, 5) is 26.0. The van der Waals surface area contributed by atoms with Crippen LogP contribution in [0.5, 0.6) is 5.75 Å². The molecular formula is C23H26ClN5O3S2. The maximum Gasteiger partial charge on any atom is 0.251 e. The molecule has 0 fully saturated rings. The number of rotatable bonds is 9. The van der Waals surface area contributed by atoms with E-state index >= 15 is 0 Å². The minimum atomic E-state index is -0.496. The van der Waals surface area contributed by atoms with Gasteiger partial charge in [0, 0.05) is 11.4 Å². The number of amides is 2. The number of ether oxygens (including phenoxy) is 1. The predicted octanol–water partition coefficient (Wildman–Crippen LogP) is 4.55. The first-order valence-corrected chi connectivity index (χ1v) is 13.2. The van der Waals surface area contributed by atoms with E-state index in [9.17, 15) is 9.59 Å². The van der Waals surface area contributed by atoms with Crippen molar-refractivity contribution in [3.63, 3.8) is 0 Å². The number of aromatic nitrogens is 3. The molecule has 3 aromatic rings. The lowest BCUT2D eigenvalue weighted by Gasteiger charge is -2.18. The number of thiophene rings is 1. The third-order valence-electron chi connectivity index (χ3n) is 5.65. The van der Waals surface area contributed by atoms with Crippen molar-refractivity contribution in [1.82, 2.24) is 14.8 Å². The second kappa shape index (κ2) is 10.8. The molecule has 0 saturated carbocycles. The molecule has 1 atom stereocenters. The van der Waals surface area contributed by atoms with Gasteiger partial charge in [-0.15, -0.1) is 21.5 Å². The molecule has 180 valence electrons. The van der Waals surface area contributed by atoms with Gasteiger partial charge in [-0.2, -0.15) is 0 Å². The molecule has 0 spiro atoms. The second-order valence-electron chi connectivity index (χ2n) is 8.12. The average Bonchev–Trinajstić information content (AvgIpc) is 3.36. The van der Waals surface area contributed by atoms with Crippen LogP contribution in [0.2, 0.25) is 5.02 Å². The maximum absolute atomic E-state index is 12.7. The highest BCUT2D eigenvalue weighted by Crippen LogP contribution is 2.39. The van der Waals surface area contributed by atoms with Crippen LogP contribution in [0.15, 0.2) is 29.4 Å². The molecule has 0 saturated heterocycles. The van der Waals surface area contributed by atoms with Gasteiger partial charge in [0.15, 0.2) is 11.0 Å². The van der Waals surface area contributed by atoms with E-state index in [0.717, 1.165) is 29.7 Å². The van der Waals surface area contributed by atoms with Crippen molar-refractivity contribution in [3.8, 4) is 5.75 Å². The summed E-state index contributed by atoms with van der Waals surface area (Å²) < 4.78 is 7.68. The first-order chi connectivity index (χ1) is 16.4. The SMILES string of the molecule is CCn1c(COc2ccccc2Cl)nnc1SCC(=O)Nc1sc2c(c1C(N)=O)CCC(C)C2. The van der Waals surface area contributed by atoms with Crippen LogP contribution in [0.4, 0.5) is 5.00 Å². The average molecular weight is 520 g/mol. The fourth-order valence-electron chi connectivity index (χ4n) is 3.95. The summed E-state index contributed by atoms with van der Waals surface area (Å²) in [5, 5.41) is 13.0. The topological polar surface area (TPSA) is 112 Å². The number of thioether (sulfide) groups is 1. The zero-order chi connectivity index (χ0) is 24.2. The molecule has 0 radical (unpaired) electrons. The Labute approximate surface area is 211 Å². The zero-order valence-corrected chi connectivity index (χ0v) is 21.4. The molecule has 2 heterocycles. The summed E-state index contributed by atoms with van der Waals surface area (Å²) in [6.07, 6.45) is 2.74. The first-order valence-electron chi connectivity index (χ1n) is 11.0. The standard InChI is InChI=1S/C23H26ClN5O3S2/c1-3-29-18(11-32-16-7-5-4-6-15(16)24)27-28-23(29)33-12-19(30)26-22-20(21(25)31)14-9-8-13(2)10-17(14)34-22/h4-7,13H,3,8-12H2,1-2H3,(H2,25,31)(H,26,30). The van der Waals surface area contributed by atoms with Crippen molar-refractivity contribution in [1.29, 1.82) is 0 Å². The van der Waals surface area contributed by atoms with Crippen LogP contribution in [0, 0.1) is 5.92 Å². The van der Waals surface area contributed by atoms with Gasteiger partial charge in [-0.25, -0.2) is 0 Å². The molecule has 1 aliphatic carbocycles. The van der Waals surface area contributed by atoms with Crippen LogP contribution in [-0.4, -0.2) is 32.3 Å². The van der Waals surface area contributed by atoms with Crippen molar-refractivity contribution in [2.24, 2.45) is 11.7 Å². The Hall–Kier alpha value is -2.56. The number of hydrogen-bond acceptors (Lipinski definition) is 7. The van der Waals surface area contributed by atoms with E-state index in [1.165, 1.54) is 23.1 Å². The highest BCUT2D eigenvalue weighted by atomic mass is 35.5. The smallest absolute Gasteiger partial charge is 0.251 e. The molecule has 1 aromatic carbocycles. The summed E-state index contributed by atoms with van der Waals surface area (Å²) in [6, 6.07) is 7.23. The Morgan fingerprint density at radius 2 is 2.15 bits per heavy atom. The van der Waals surface area contributed by atoms with Crippen LogP contribution >= 0.6 is 34.7 Å². The number of benzene rings is 1. The minimum Gasteiger partial charge on any atom is -0.484 e. The van der Waals surface area contributed by atoms with Crippen molar-refractivity contribution in [3.05, 3.63) is 51.1 Å². The van der Waals surface area contributed by atoms with E-state index in [1.807, 2.05) is 23.6 Å². The number of carbonyl (C=O) groups is 2. The fraction of sp³-hybridized carbons (Fsp3) is 0.391. The molecule has 1 unspecified atom stereocenters. The van der Waals surface area contributed by atoms with E-state index in [-0.39, 0.29) is 18.3 Å². The number of hydrogen-bond donors (Lipinski definition) is 2. The summed E-state index contributed by atoms with van der Waals surface area (Å²) in [5.74, 6) is 1.17. The van der Waals surface area contributed by atoms with Crippen LogP contribution in [0.25, 0.3) is 0 Å². The molecule has 34 heavy (non-hydrogen) atoms. The number of carbonyl (C=O) groups excluding carboxylic acids is 2. The van der Waals surface area contributed by atoms with Crippen molar-refractivity contribution in [2.45, 2.75) is 51.4 Å². The molecule has 3 N–H and O–H groups in total. The zero-order valence-electron chi connectivity index (χ0n) is 19.0. The van der Waals surface area contributed by atoms with Crippen molar-refractivity contribution >= 4 is 51.5 Å². The maximum atomic E-state index is 12.7. The lowest BCUT2D eigenvalue weighted by molar-refractivity contribution is -0.113. The van der Waals surface area contributed by atoms with Gasteiger partial charge in [0.25, 0.3) is 5.91 Å². The summed E-state index contributed by atoms with van der Waals surface area (Å²) >= 11 is 8.88. The number of halogens is 1. The molecule has 0 aliphatic heterocycles. The van der Waals surface area contributed by atoms with Gasteiger partial charge >= 0.3 is 0 Å². The molecule has 0 bridgehead atoms. The molecule has 1 aliphatic rings. The molecular weight excluding hydrogens is 494 g/mol. The fourth-order valence-corrected chi connectivity index (χ4v) is 6.39. The largest absolute Gasteiger partial charge is 0.484 e. The number of primary amides is 1. The van der Waals surface area contributed by atoms with E-state index in [2.05, 4.69) is 22.4 Å². The number of para-hydroxylation sites is 1. The lowest BCUT2D eigenvalue weighted by Crippen LogP contribution is -2.20. The summed E-state index contributed by atoms with van der Waals surface area (Å²) in [7, 11) is 0. The molecule has 8 nitrogen and oxygen atoms in total. The van der Waals surface area contributed by atoms with Gasteiger partial charge in [-0.05, 0) is 49.8 Å². The minimum absolute atomic E-state index is 0.126.